The van der Waals surface area contributed by atoms with E-state index in [4.69, 9.17) is 16.7 Å². The Morgan fingerprint density at radius 2 is 2.08 bits per heavy atom. The van der Waals surface area contributed by atoms with E-state index >= 15 is 0 Å². The molecule has 6 heteroatoms. The lowest BCUT2D eigenvalue weighted by Crippen LogP contribution is -1.99. The molecule has 1 fully saturated rings. The predicted molar refractivity (Wildman–Crippen MR) is 90.6 cm³/mol. The van der Waals surface area contributed by atoms with Crippen LogP contribution < -0.4 is 0 Å². The maximum atomic E-state index is 11.0. The molecular formula is C18H14ClN3O2. The van der Waals surface area contributed by atoms with E-state index in [1.165, 1.54) is 6.07 Å². The van der Waals surface area contributed by atoms with E-state index in [1.54, 1.807) is 18.5 Å². The molecule has 1 aliphatic carbocycles. The van der Waals surface area contributed by atoms with Crippen molar-refractivity contribution < 1.29 is 9.90 Å². The molecule has 1 aliphatic rings. The van der Waals surface area contributed by atoms with Gasteiger partial charge in [0.1, 0.15) is 5.82 Å². The Hall–Kier alpha value is -2.53. The minimum absolute atomic E-state index is 0.202. The zero-order valence-corrected chi connectivity index (χ0v) is 13.7. The summed E-state index contributed by atoms with van der Waals surface area (Å²) in [7, 11) is 0. The summed E-state index contributed by atoms with van der Waals surface area (Å²) in [5, 5.41) is 10.5. The van der Waals surface area contributed by atoms with Gasteiger partial charge in [-0.3, -0.25) is 4.98 Å². The second kappa shape index (κ2) is 5.53. The molecule has 5 nitrogen and oxygen atoms in total. The van der Waals surface area contributed by atoms with Crippen molar-refractivity contribution in [2.24, 2.45) is 0 Å². The van der Waals surface area contributed by atoms with Crippen LogP contribution in [-0.2, 0) is 0 Å². The molecule has 0 spiro atoms. The molecular weight excluding hydrogens is 326 g/mol. The number of aromatic carboxylic acids is 1. The molecule has 2 aromatic heterocycles. The number of benzene rings is 1. The SMILES string of the molecule is Cc1nc(C2CC2c2ccc(C(=O)O)cc2Cl)c2cnccc2n1. The van der Waals surface area contributed by atoms with Gasteiger partial charge < -0.3 is 5.11 Å². The number of carbonyl (C=O) groups is 1. The highest BCUT2D eigenvalue weighted by Crippen LogP contribution is 2.56. The first-order chi connectivity index (χ1) is 11.5. The van der Waals surface area contributed by atoms with Crippen LogP contribution in [0.3, 0.4) is 0 Å². The summed E-state index contributed by atoms with van der Waals surface area (Å²) in [6, 6.07) is 6.81. The first-order valence-electron chi connectivity index (χ1n) is 7.65. The van der Waals surface area contributed by atoms with Crippen LogP contribution in [0.2, 0.25) is 5.02 Å². The van der Waals surface area contributed by atoms with Crippen molar-refractivity contribution in [1.29, 1.82) is 0 Å². The Bertz CT molecular complexity index is 974. The molecule has 24 heavy (non-hydrogen) atoms. The largest absolute Gasteiger partial charge is 0.478 e. The Balaban J connectivity index is 1.71. The average molecular weight is 340 g/mol. The zero-order valence-electron chi connectivity index (χ0n) is 12.9. The smallest absolute Gasteiger partial charge is 0.335 e. The first kappa shape index (κ1) is 15.0. The van der Waals surface area contributed by atoms with Crippen LogP contribution >= 0.6 is 11.6 Å². The average Bonchev–Trinajstić information content (AvgIpc) is 3.34. The van der Waals surface area contributed by atoms with Gasteiger partial charge in [-0.15, -0.1) is 0 Å². The molecule has 2 atom stereocenters. The number of rotatable bonds is 3. The fraction of sp³-hybridized carbons (Fsp3) is 0.222. The van der Waals surface area contributed by atoms with Crippen LogP contribution in [0.5, 0.6) is 0 Å². The van der Waals surface area contributed by atoms with Gasteiger partial charge in [-0.25, -0.2) is 14.8 Å². The van der Waals surface area contributed by atoms with E-state index in [0.717, 1.165) is 34.4 Å². The van der Waals surface area contributed by atoms with E-state index in [9.17, 15) is 4.79 Å². The molecule has 120 valence electrons. The highest BCUT2D eigenvalue weighted by Gasteiger charge is 2.42. The van der Waals surface area contributed by atoms with E-state index in [-0.39, 0.29) is 17.4 Å². The number of fused-ring (bicyclic) bond motifs is 1. The maximum absolute atomic E-state index is 11.0. The van der Waals surface area contributed by atoms with Crippen LogP contribution in [0, 0.1) is 6.92 Å². The summed E-state index contributed by atoms with van der Waals surface area (Å²) >= 11 is 6.30. The predicted octanol–water partition coefficient (Wildman–Crippen LogP) is 3.96. The van der Waals surface area contributed by atoms with Crippen LogP contribution in [0.4, 0.5) is 0 Å². The van der Waals surface area contributed by atoms with Gasteiger partial charge in [-0.05, 0) is 43.0 Å². The van der Waals surface area contributed by atoms with E-state index in [2.05, 4.69) is 15.0 Å². The van der Waals surface area contributed by atoms with E-state index in [0.29, 0.717) is 5.02 Å². The third-order valence-electron chi connectivity index (χ3n) is 4.43. The summed E-state index contributed by atoms with van der Waals surface area (Å²) < 4.78 is 0. The minimum atomic E-state index is -0.973. The van der Waals surface area contributed by atoms with Crippen molar-refractivity contribution in [3.63, 3.8) is 0 Å². The van der Waals surface area contributed by atoms with Crippen LogP contribution in [0.15, 0.2) is 36.7 Å². The van der Waals surface area contributed by atoms with Gasteiger partial charge in [0, 0.05) is 28.7 Å². The monoisotopic (exact) mass is 339 g/mol. The number of aromatic nitrogens is 3. The van der Waals surface area contributed by atoms with Crippen molar-refractivity contribution in [2.75, 3.05) is 0 Å². The zero-order chi connectivity index (χ0) is 16.8. The Kier molecular flexibility index (Phi) is 3.46. The molecule has 3 aromatic rings. The van der Waals surface area contributed by atoms with Crippen molar-refractivity contribution in [2.45, 2.75) is 25.2 Å². The summed E-state index contributed by atoms with van der Waals surface area (Å²) in [5.41, 5.74) is 3.06. The van der Waals surface area contributed by atoms with Crippen LogP contribution in [0.25, 0.3) is 10.9 Å². The quantitative estimate of drug-likeness (QED) is 0.781. The number of hydrogen-bond donors (Lipinski definition) is 1. The Morgan fingerprint density at radius 3 is 2.83 bits per heavy atom. The molecule has 0 radical (unpaired) electrons. The van der Waals surface area contributed by atoms with Gasteiger partial charge in [0.2, 0.25) is 0 Å². The van der Waals surface area contributed by atoms with Crippen molar-refractivity contribution in [3.8, 4) is 0 Å². The second-order valence-electron chi connectivity index (χ2n) is 6.04. The van der Waals surface area contributed by atoms with Gasteiger partial charge in [0.05, 0.1) is 16.8 Å². The van der Waals surface area contributed by atoms with E-state index in [1.807, 2.05) is 19.1 Å². The van der Waals surface area contributed by atoms with Crippen molar-refractivity contribution in [3.05, 3.63) is 64.3 Å². The van der Waals surface area contributed by atoms with Gasteiger partial charge in [0.25, 0.3) is 0 Å². The number of nitrogens with zero attached hydrogens (tertiary/aromatic N) is 3. The number of halogens is 1. The summed E-state index contributed by atoms with van der Waals surface area (Å²) in [5.74, 6) is 0.269. The summed E-state index contributed by atoms with van der Waals surface area (Å²) in [6.45, 7) is 1.88. The highest BCUT2D eigenvalue weighted by molar-refractivity contribution is 6.31. The van der Waals surface area contributed by atoms with Gasteiger partial charge in [-0.1, -0.05) is 17.7 Å². The minimum Gasteiger partial charge on any atom is -0.478 e. The topological polar surface area (TPSA) is 76.0 Å². The van der Waals surface area contributed by atoms with Gasteiger partial charge in [-0.2, -0.15) is 0 Å². The highest BCUT2D eigenvalue weighted by atomic mass is 35.5. The number of aryl methyl sites for hydroxylation is 1. The maximum Gasteiger partial charge on any atom is 0.335 e. The van der Waals surface area contributed by atoms with Gasteiger partial charge >= 0.3 is 5.97 Å². The summed E-state index contributed by atoms with van der Waals surface area (Å²) in [4.78, 5) is 24.3. The normalized spacial score (nSPS) is 19.4. The lowest BCUT2D eigenvalue weighted by Gasteiger charge is -2.08. The second-order valence-corrected chi connectivity index (χ2v) is 6.45. The fourth-order valence-corrected chi connectivity index (χ4v) is 3.52. The molecule has 2 unspecified atom stereocenters. The van der Waals surface area contributed by atoms with Gasteiger partial charge in [0.15, 0.2) is 0 Å². The molecule has 1 saturated carbocycles. The van der Waals surface area contributed by atoms with Crippen molar-refractivity contribution >= 4 is 28.5 Å². The number of hydrogen-bond acceptors (Lipinski definition) is 4. The number of pyridine rings is 1. The molecule has 1 aromatic carbocycles. The Morgan fingerprint density at radius 1 is 1.25 bits per heavy atom. The molecule has 0 bridgehead atoms. The molecule has 0 amide bonds. The summed E-state index contributed by atoms with van der Waals surface area (Å²) in [6.07, 6.45) is 4.46. The third kappa shape index (κ3) is 2.51. The lowest BCUT2D eigenvalue weighted by molar-refractivity contribution is 0.0697. The molecule has 0 saturated heterocycles. The molecule has 0 aliphatic heterocycles. The number of carboxylic acid groups (broad SMARTS) is 1. The Labute approximate surface area is 143 Å². The number of carboxylic acids is 1. The van der Waals surface area contributed by atoms with E-state index < -0.39 is 5.97 Å². The van der Waals surface area contributed by atoms with Crippen molar-refractivity contribution in [1.82, 2.24) is 15.0 Å². The molecule has 1 N–H and O–H groups in total. The lowest BCUT2D eigenvalue weighted by atomic mass is 10.0. The molecule has 2 heterocycles. The third-order valence-corrected chi connectivity index (χ3v) is 4.75. The van der Waals surface area contributed by atoms with Crippen LogP contribution in [-0.4, -0.2) is 26.0 Å². The first-order valence-corrected chi connectivity index (χ1v) is 8.03. The molecule has 4 rings (SSSR count). The fourth-order valence-electron chi connectivity index (χ4n) is 3.20. The standard InChI is InChI=1S/C18H14ClN3O2/c1-9-21-16-4-5-20-8-14(16)17(22-9)13-7-12(13)11-3-2-10(18(23)24)6-15(11)19/h2-6,8,12-13H,7H2,1H3,(H,23,24). The van der Waals surface area contributed by atoms with Crippen LogP contribution in [0.1, 0.15) is 45.7 Å².